The molecule has 1 aliphatic heterocycles. The minimum absolute atomic E-state index is 0.115. The second kappa shape index (κ2) is 2.49. The van der Waals surface area contributed by atoms with Gasteiger partial charge in [0, 0.05) is 19.1 Å². The Balaban J connectivity index is 2.29. The van der Waals surface area contributed by atoms with E-state index in [-0.39, 0.29) is 6.61 Å². The van der Waals surface area contributed by atoms with Gasteiger partial charge in [-0.1, -0.05) is 0 Å². The van der Waals surface area contributed by atoms with Gasteiger partial charge in [-0.3, -0.25) is 4.90 Å². The first-order valence-electron chi connectivity index (χ1n) is 3.65. The zero-order valence-corrected chi connectivity index (χ0v) is 6.54. The number of β-amino-alcohol motifs (C(OH)–C–C–N with tert-alkyl or cyclic N) is 1. The highest BCUT2D eigenvalue weighted by atomic mass is 16.3. The van der Waals surface area contributed by atoms with E-state index < -0.39 is 5.60 Å². The third-order valence-electron chi connectivity index (χ3n) is 2.02. The Morgan fingerprint density at radius 2 is 2.00 bits per heavy atom. The van der Waals surface area contributed by atoms with E-state index in [9.17, 15) is 5.11 Å². The van der Waals surface area contributed by atoms with Crippen LogP contribution in [0.25, 0.3) is 0 Å². The maximum atomic E-state index is 9.35. The van der Waals surface area contributed by atoms with Gasteiger partial charge in [0.05, 0.1) is 6.61 Å². The van der Waals surface area contributed by atoms with Crippen LogP contribution in [0, 0.1) is 0 Å². The number of rotatable bonds is 2. The smallest absolute Gasteiger partial charge is 0.113 e. The maximum absolute atomic E-state index is 9.35. The van der Waals surface area contributed by atoms with Gasteiger partial charge >= 0.3 is 0 Å². The van der Waals surface area contributed by atoms with Crippen LogP contribution < -0.4 is 0 Å². The number of aliphatic hydroxyl groups is 2. The van der Waals surface area contributed by atoms with E-state index in [0.717, 1.165) is 0 Å². The number of hydrogen-bond donors (Lipinski definition) is 2. The minimum atomic E-state index is -0.801. The average Bonchev–Trinajstić information content (AvgIpc) is 1.80. The van der Waals surface area contributed by atoms with E-state index in [2.05, 4.69) is 18.7 Å². The highest BCUT2D eigenvalue weighted by molar-refractivity contribution is 4.95. The predicted octanol–water partition coefficient (Wildman–Crippen LogP) is -0.566. The van der Waals surface area contributed by atoms with Crippen LogP contribution in [0.4, 0.5) is 0 Å². The van der Waals surface area contributed by atoms with E-state index >= 15 is 0 Å². The Morgan fingerprint density at radius 3 is 2.30 bits per heavy atom. The first-order chi connectivity index (χ1) is 4.57. The summed E-state index contributed by atoms with van der Waals surface area (Å²) in [4.78, 5) is 2.12. The molecule has 3 heteroatoms. The van der Waals surface area contributed by atoms with Crippen molar-refractivity contribution in [2.45, 2.75) is 25.5 Å². The quantitative estimate of drug-likeness (QED) is 0.547. The lowest BCUT2D eigenvalue weighted by Crippen LogP contribution is -2.65. The summed E-state index contributed by atoms with van der Waals surface area (Å²) in [7, 11) is 0. The first kappa shape index (κ1) is 7.98. The molecule has 1 aliphatic rings. The highest BCUT2D eigenvalue weighted by Crippen LogP contribution is 2.21. The number of hydrogen-bond acceptors (Lipinski definition) is 3. The molecule has 0 unspecified atom stereocenters. The van der Waals surface area contributed by atoms with Crippen LogP contribution in [-0.2, 0) is 0 Å². The highest BCUT2D eigenvalue weighted by Gasteiger charge is 2.41. The van der Waals surface area contributed by atoms with Crippen LogP contribution in [0.3, 0.4) is 0 Å². The molecule has 0 bridgehead atoms. The van der Waals surface area contributed by atoms with Gasteiger partial charge in [-0.15, -0.1) is 0 Å². The summed E-state index contributed by atoms with van der Waals surface area (Å²) >= 11 is 0. The molecule has 60 valence electrons. The average molecular weight is 145 g/mol. The van der Waals surface area contributed by atoms with E-state index in [4.69, 9.17) is 5.11 Å². The fourth-order valence-corrected chi connectivity index (χ4v) is 1.17. The van der Waals surface area contributed by atoms with Crippen molar-refractivity contribution >= 4 is 0 Å². The van der Waals surface area contributed by atoms with Crippen LogP contribution >= 0.6 is 0 Å². The van der Waals surface area contributed by atoms with Crippen molar-refractivity contribution in [3.63, 3.8) is 0 Å². The molecule has 1 fully saturated rings. The molecular formula is C7H15NO2. The zero-order valence-electron chi connectivity index (χ0n) is 6.54. The van der Waals surface area contributed by atoms with Gasteiger partial charge in [-0.05, 0) is 13.8 Å². The van der Waals surface area contributed by atoms with Gasteiger partial charge in [-0.25, -0.2) is 0 Å². The molecule has 1 rings (SSSR count). The molecule has 0 saturated carbocycles. The molecule has 0 atom stereocenters. The molecule has 0 spiro atoms. The van der Waals surface area contributed by atoms with Crippen LogP contribution in [0.15, 0.2) is 0 Å². The molecule has 3 nitrogen and oxygen atoms in total. The molecule has 0 amide bonds. The van der Waals surface area contributed by atoms with Crippen molar-refractivity contribution in [1.82, 2.24) is 4.90 Å². The Labute approximate surface area is 61.3 Å². The third-order valence-corrected chi connectivity index (χ3v) is 2.02. The van der Waals surface area contributed by atoms with Crippen molar-refractivity contribution < 1.29 is 10.2 Å². The minimum Gasteiger partial charge on any atom is -0.393 e. The second-order valence-electron chi connectivity index (χ2n) is 3.38. The van der Waals surface area contributed by atoms with Gasteiger partial charge in [0.15, 0.2) is 0 Å². The molecule has 10 heavy (non-hydrogen) atoms. The molecule has 1 heterocycles. The fraction of sp³-hybridized carbons (Fsp3) is 1.00. The van der Waals surface area contributed by atoms with Crippen molar-refractivity contribution in [3.8, 4) is 0 Å². The van der Waals surface area contributed by atoms with Gasteiger partial charge in [-0.2, -0.15) is 0 Å². The van der Waals surface area contributed by atoms with Gasteiger partial charge in [0.25, 0.3) is 0 Å². The number of nitrogens with zero attached hydrogens (tertiary/aromatic N) is 1. The monoisotopic (exact) mass is 145 g/mol. The predicted molar refractivity (Wildman–Crippen MR) is 38.7 cm³/mol. The second-order valence-corrected chi connectivity index (χ2v) is 3.38. The first-order valence-corrected chi connectivity index (χ1v) is 3.65. The molecule has 0 aromatic carbocycles. The van der Waals surface area contributed by atoms with Gasteiger partial charge in [0.2, 0.25) is 0 Å². The van der Waals surface area contributed by atoms with E-state index in [0.29, 0.717) is 19.1 Å². The summed E-state index contributed by atoms with van der Waals surface area (Å²) in [5, 5.41) is 18.0. The Morgan fingerprint density at radius 1 is 1.50 bits per heavy atom. The zero-order chi connectivity index (χ0) is 7.78. The summed E-state index contributed by atoms with van der Waals surface area (Å²) in [6.07, 6.45) is 0. The lowest BCUT2D eigenvalue weighted by atomic mass is 9.94. The van der Waals surface area contributed by atoms with Gasteiger partial charge in [0.1, 0.15) is 5.60 Å². The molecule has 2 N–H and O–H groups in total. The number of likely N-dealkylation sites (tertiary alicyclic amines) is 1. The summed E-state index contributed by atoms with van der Waals surface area (Å²) in [6.45, 7) is 5.27. The fourth-order valence-electron chi connectivity index (χ4n) is 1.17. The van der Waals surface area contributed by atoms with E-state index in [1.165, 1.54) is 0 Å². The largest absolute Gasteiger partial charge is 0.393 e. The standard InChI is InChI=1S/C7H15NO2/c1-6(2)8-3-7(10,4-8)5-9/h6,9-10H,3-5H2,1-2H3. The topological polar surface area (TPSA) is 43.7 Å². The van der Waals surface area contributed by atoms with E-state index in [1.807, 2.05) is 0 Å². The summed E-state index contributed by atoms with van der Waals surface area (Å²) in [5.41, 5.74) is -0.801. The molecule has 1 saturated heterocycles. The van der Waals surface area contributed by atoms with E-state index in [1.54, 1.807) is 0 Å². The lowest BCUT2D eigenvalue weighted by Gasteiger charge is -2.47. The van der Waals surface area contributed by atoms with Crippen LogP contribution in [0.1, 0.15) is 13.8 Å². The third kappa shape index (κ3) is 1.31. The normalized spacial score (nSPS) is 24.9. The Kier molecular flexibility index (Phi) is 1.99. The van der Waals surface area contributed by atoms with Crippen LogP contribution in [-0.4, -0.2) is 46.5 Å². The van der Waals surface area contributed by atoms with Gasteiger partial charge < -0.3 is 10.2 Å². The number of aliphatic hydroxyl groups excluding tert-OH is 1. The molecule has 0 aromatic rings. The van der Waals surface area contributed by atoms with Crippen LogP contribution in [0.2, 0.25) is 0 Å². The van der Waals surface area contributed by atoms with Crippen molar-refractivity contribution in [1.29, 1.82) is 0 Å². The summed E-state index contributed by atoms with van der Waals surface area (Å²) in [5.74, 6) is 0. The van der Waals surface area contributed by atoms with Crippen LogP contribution in [0.5, 0.6) is 0 Å². The molecule has 0 radical (unpaired) electrons. The Bertz CT molecular complexity index is 119. The molecular weight excluding hydrogens is 130 g/mol. The Hall–Kier alpha value is -0.120. The SMILES string of the molecule is CC(C)N1CC(O)(CO)C1. The lowest BCUT2D eigenvalue weighted by molar-refractivity contribution is -0.135. The van der Waals surface area contributed by atoms with Crippen molar-refractivity contribution in [3.05, 3.63) is 0 Å². The maximum Gasteiger partial charge on any atom is 0.113 e. The van der Waals surface area contributed by atoms with Crippen molar-refractivity contribution in [2.24, 2.45) is 0 Å². The molecule has 0 aliphatic carbocycles. The van der Waals surface area contributed by atoms with Crippen molar-refractivity contribution in [2.75, 3.05) is 19.7 Å². The molecule has 0 aromatic heterocycles. The summed E-state index contributed by atoms with van der Waals surface area (Å²) < 4.78 is 0. The summed E-state index contributed by atoms with van der Waals surface area (Å²) in [6, 6.07) is 0.479.